The molecule has 3 fully saturated rings. The lowest BCUT2D eigenvalue weighted by Gasteiger charge is -2.20. The van der Waals surface area contributed by atoms with E-state index in [1.54, 1.807) is 13.8 Å². The number of carbonyl (C=O) groups is 1. The van der Waals surface area contributed by atoms with Crippen molar-refractivity contribution in [3.63, 3.8) is 0 Å². The lowest BCUT2D eigenvalue weighted by molar-refractivity contribution is -0.209. The van der Waals surface area contributed by atoms with Gasteiger partial charge in [-0.2, -0.15) is 0 Å². The molecule has 0 aliphatic carbocycles. The first-order valence-corrected chi connectivity index (χ1v) is 5.27. The van der Waals surface area contributed by atoms with Gasteiger partial charge < -0.3 is 18.9 Å². The number of esters is 1. The predicted octanol–water partition coefficient (Wildman–Crippen LogP) is 0.396. The quantitative estimate of drug-likeness (QED) is 0.449. The zero-order chi connectivity index (χ0) is 10.8. The van der Waals surface area contributed by atoms with Crippen LogP contribution in [-0.4, -0.2) is 41.7 Å². The van der Waals surface area contributed by atoms with E-state index in [1.165, 1.54) is 0 Å². The van der Waals surface area contributed by atoms with E-state index in [9.17, 15) is 4.79 Å². The molecule has 2 unspecified atom stereocenters. The molecule has 0 aromatic carbocycles. The molecule has 0 saturated carbocycles. The molecule has 3 aliphatic heterocycles. The molecule has 0 radical (unpaired) electrons. The van der Waals surface area contributed by atoms with E-state index in [1.807, 2.05) is 0 Å². The predicted molar refractivity (Wildman–Crippen MR) is 48.2 cm³/mol. The lowest BCUT2D eigenvalue weighted by Crippen LogP contribution is -2.34. The molecule has 5 atom stereocenters. The minimum Gasteiger partial charge on any atom is -0.455 e. The summed E-state index contributed by atoms with van der Waals surface area (Å²) in [5, 5.41) is -0.754. The second-order valence-corrected chi connectivity index (χ2v) is 4.84. The maximum absolute atomic E-state index is 11.2. The Bertz CT molecular complexity index is 318. The van der Waals surface area contributed by atoms with Gasteiger partial charge >= 0.3 is 5.97 Å². The Morgan fingerprint density at radius 3 is 2.67 bits per heavy atom. The van der Waals surface area contributed by atoms with Crippen LogP contribution in [0.4, 0.5) is 0 Å². The number of rotatable bonds is 0. The van der Waals surface area contributed by atoms with E-state index in [0.29, 0.717) is 0 Å². The largest absolute Gasteiger partial charge is 0.455 e. The maximum Gasteiger partial charge on any atom is 0.327 e. The molecule has 0 N–H and O–H groups in total. The molecule has 3 aliphatic rings. The lowest BCUT2D eigenvalue weighted by atomic mass is 10.1. The van der Waals surface area contributed by atoms with Gasteiger partial charge in [-0.1, -0.05) is 0 Å². The normalized spacial score (nSPS) is 51.4. The van der Waals surface area contributed by atoms with Gasteiger partial charge in [-0.15, -0.1) is 11.6 Å². The molecule has 0 spiro atoms. The molecule has 15 heavy (non-hydrogen) atoms. The van der Waals surface area contributed by atoms with Crippen molar-refractivity contribution in [3.8, 4) is 0 Å². The van der Waals surface area contributed by atoms with Crippen LogP contribution in [0.25, 0.3) is 0 Å². The van der Waals surface area contributed by atoms with Gasteiger partial charge in [0.2, 0.25) is 0 Å². The van der Waals surface area contributed by atoms with Crippen molar-refractivity contribution >= 4 is 17.6 Å². The molecule has 3 rings (SSSR count). The maximum atomic E-state index is 11.2. The van der Waals surface area contributed by atoms with Crippen molar-refractivity contribution in [3.05, 3.63) is 0 Å². The summed E-state index contributed by atoms with van der Waals surface area (Å²) in [5.74, 6) is -1.14. The summed E-state index contributed by atoms with van der Waals surface area (Å²) in [7, 11) is 0. The third-order valence-electron chi connectivity index (χ3n) is 2.79. The summed E-state index contributed by atoms with van der Waals surface area (Å²) in [6.07, 6.45) is -1.74. The Balaban J connectivity index is 1.83. The number of hydrogen-bond donors (Lipinski definition) is 0. The Morgan fingerprint density at radius 1 is 1.20 bits per heavy atom. The summed E-state index contributed by atoms with van der Waals surface area (Å²) >= 11 is 5.84. The van der Waals surface area contributed by atoms with Crippen LogP contribution in [0, 0.1) is 0 Å². The van der Waals surface area contributed by atoms with Crippen LogP contribution in [0.1, 0.15) is 13.8 Å². The number of ether oxygens (including phenoxy) is 4. The van der Waals surface area contributed by atoms with Crippen molar-refractivity contribution in [2.75, 3.05) is 0 Å². The van der Waals surface area contributed by atoms with Crippen LogP contribution in [0.5, 0.6) is 0 Å². The van der Waals surface area contributed by atoms with Crippen LogP contribution in [0.2, 0.25) is 0 Å². The van der Waals surface area contributed by atoms with E-state index in [4.69, 9.17) is 30.5 Å². The second kappa shape index (κ2) is 2.85. The zero-order valence-corrected chi connectivity index (χ0v) is 9.06. The van der Waals surface area contributed by atoms with Crippen molar-refractivity contribution in [2.45, 2.75) is 49.6 Å². The average Bonchev–Trinajstić information content (AvgIpc) is 2.66. The number of halogens is 1. The first-order valence-electron chi connectivity index (χ1n) is 4.84. The standard InChI is InChI=1S/C9H11ClO5/c1-9(2)14-6-5-4(13-8(6)15-9)3(10)7(11)12-5/h3-6,8H,1-2H3/t3-,4?,5+,6?,8-/m1/s1. The van der Waals surface area contributed by atoms with Gasteiger partial charge in [0.1, 0.15) is 6.10 Å². The van der Waals surface area contributed by atoms with E-state index < -0.39 is 35.6 Å². The molecule has 0 bridgehead atoms. The number of hydrogen-bond acceptors (Lipinski definition) is 5. The van der Waals surface area contributed by atoms with Gasteiger partial charge in [0.25, 0.3) is 0 Å². The van der Waals surface area contributed by atoms with Gasteiger partial charge in [0.15, 0.2) is 29.7 Å². The summed E-state index contributed by atoms with van der Waals surface area (Å²) in [4.78, 5) is 11.2. The first kappa shape index (κ1) is 9.84. The Hall–Kier alpha value is -0.360. The summed E-state index contributed by atoms with van der Waals surface area (Å²) in [6.45, 7) is 3.58. The van der Waals surface area contributed by atoms with Crippen molar-refractivity contribution in [1.29, 1.82) is 0 Å². The average molecular weight is 235 g/mol. The summed E-state index contributed by atoms with van der Waals surface area (Å²) in [6, 6.07) is 0. The van der Waals surface area contributed by atoms with Gasteiger partial charge in [-0.3, -0.25) is 4.79 Å². The van der Waals surface area contributed by atoms with E-state index in [0.717, 1.165) is 0 Å². The highest BCUT2D eigenvalue weighted by atomic mass is 35.5. The van der Waals surface area contributed by atoms with Crippen molar-refractivity contribution < 1.29 is 23.7 Å². The van der Waals surface area contributed by atoms with Crippen molar-refractivity contribution in [2.24, 2.45) is 0 Å². The van der Waals surface area contributed by atoms with Gasteiger partial charge in [0.05, 0.1) is 0 Å². The second-order valence-electron chi connectivity index (χ2n) is 4.37. The van der Waals surface area contributed by atoms with E-state index in [-0.39, 0.29) is 6.10 Å². The van der Waals surface area contributed by atoms with Gasteiger partial charge in [-0.05, 0) is 13.8 Å². The monoisotopic (exact) mass is 234 g/mol. The fraction of sp³-hybridized carbons (Fsp3) is 0.889. The zero-order valence-electron chi connectivity index (χ0n) is 8.31. The number of fused-ring (bicyclic) bond motifs is 3. The van der Waals surface area contributed by atoms with Crippen LogP contribution in [-0.2, 0) is 23.7 Å². The fourth-order valence-corrected chi connectivity index (χ4v) is 2.46. The Morgan fingerprint density at radius 2 is 1.93 bits per heavy atom. The van der Waals surface area contributed by atoms with Crippen LogP contribution < -0.4 is 0 Å². The molecule has 84 valence electrons. The summed E-state index contributed by atoms with van der Waals surface area (Å²) < 4.78 is 21.7. The molecular weight excluding hydrogens is 224 g/mol. The highest BCUT2D eigenvalue weighted by Gasteiger charge is 2.62. The molecule has 3 heterocycles. The Labute approximate surface area is 91.6 Å². The highest BCUT2D eigenvalue weighted by molar-refractivity contribution is 6.31. The minimum absolute atomic E-state index is 0.363. The van der Waals surface area contributed by atoms with E-state index >= 15 is 0 Å². The minimum atomic E-state index is -0.754. The van der Waals surface area contributed by atoms with Crippen LogP contribution in [0.15, 0.2) is 0 Å². The Kier molecular flexibility index (Phi) is 1.87. The number of alkyl halides is 1. The third kappa shape index (κ3) is 1.30. The molecule has 6 heteroatoms. The molecule has 3 saturated heterocycles. The SMILES string of the molecule is CC1(C)OC2[C@H](OC3[C@@H]2OC(=O)[C@@H]3Cl)O1. The van der Waals surface area contributed by atoms with Crippen LogP contribution >= 0.6 is 11.6 Å². The molecule has 0 aromatic rings. The summed E-state index contributed by atoms with van der Waals surface area (Å²) in [5.41, 5.74) is 0. The highest BCUT2D eigenvalue weighted by Crippen LogP contribution is 2.43. The van der Waals surface area contributed by atoms with Gasteiger partial charge in [0, 0.05) is 0 Å². The first-order chi connectivity index (χ1) is 6.98. The van der Waals surface area contributed by atoms with Crippen LogP contribution in [0.3, 0.4) is 0 Å². The smallest absolute Gasteiger partial charge is 0.327 e. The van der Waals surface area contributed by atoms with Gasteiger partial charge in [-0.25, -0.2) is 0 Å². The molecular formula is C9H11ClO5. The number of carbonyl (C=O) groups excluding carboxylic acids is 1. The molecule has 0 amide bonds. The fourth-order valence-electron chi connectivity index (χ4n) is 2.21. The van der Waals surface area contributed by atoms with E-state index in [2.05, 4.69) is 0 Å². The third-order valence-corrected chi connectivity index (χ3v) is 3.22. The topological polar surface area (TPSA) is 54.0 Å². The molecule has 0 aromatic heterocycles. The van der Waals surface area contributed by atoms with Crippen molar-refractivity contribution in [1.82, 2.24) is 0 Å². The molecule has 5 nitrogen and oxygen atoms in total.